The molecular weight excluding hydrogens is 302 g/mol. The number of anilines is 1. The number of amides is 1. The third-order valence-electron chi connectivity index (χ3n) is 3.88. The van der Waals surface area contributed by atoms with Crippen LogP contribution in [0.25, 0.3) is 5.78 Å². The van der Waals surface area contributed by atoms with Crippen molar-refractivity contribution in [3.05, 3.63) is 52.8 Å². The van der Waals surface area contributed by atoms with E-state index in [1.807, 2.05) is 44.2 Å². The molecule has 0 radical (unpaired) electrons. The lowest BCUT2D eigenvalue weighted by Crippen LogP contribution is -2.13. The molecule has 0 bridgehead atoms. The van der Waals surface area contributed by atoms with Gasteiger partial charge in [-0.05, 0) is 50.5 Å². The highest BCUT2D eigenvalue weighted by atomic mass is 16.1. The van der Waals surface area contributed by atoms with E-state index in [-0.39, 0.29) is 11.9 Å². The maximum atomic E-state index is 12.3. The van der Waals surface area contributed by atoms with Crippen molar-refractivity contribution < 1.29 is 4.79 Å². The van der Waals surface area contributed by atoms with Crippen LogP contribution in [0.2, 0.25) is 0 Å². The molecule has 2 heterocycles. The van der Waals surface area contributed by atoms with E-state index in [1.165, 1.54) is 5.56 Å². The molecule has 0 spiro atoms. The van der Waals surface area contributed by atoms with Gasteiger partial charge >= 0.3 is 0 Å². The van der Waals surface area contributed by atoms with E-state index in [0.717, 1.165) is 30.7 Å². The number of nitrogens with zero attached hydrogens (tertiary/aromatic N) is 4. The predicted octanol–water partition coefficient (Wildman–Crippen LogP) is 3.34. The third-order valence-corrected chi connectivity index (χ3v) is 3.88. The Kier molecular flexibility index (Phi) is 4.55. The Morgan fingerprint density at radius 1 is 1.17 bits per heavy atom. The Bertz CT molecular complexity index is 867. The zero-order valence-corrected chi connectivity index (χ0v) is 14.2. The summed E-state index contributed by atoms with van der Waals surface area (Å²) in [7, 11) is 0. The summed E-state index contributed by atoms with van der Waals surface area (Å²) in [5, 5.41) is 7.02. The number of rotatable bonds is 5. The number of hydrogen-bond donors (Lipinski definition) is 1. The first-order valence-electron chi connectivity index (χ1n) is 8.18. The summed E-state index contributed by atoms with van der Waals surface area (Å²) in [5.41, 5.74) is 3.63. The number of carbonyl (C=O) groups excluding carboxylic acids is 1. The summed E-state index contributed by atoms with van der Waals surface area (Å²) in [6.07, 6.45) is 3.36. The number of nitrogens with one attached hydrogen (secondary N) is 1. The molecule has 0 saturated heterocycles. The Morgan fingerprint density at radius 2 is 1.92 bits per heavy atom. The van der Waals surface area contributed by atoms with E-state index in [2.05, 4.69) is 27.3 Å². The van der Waals surface area contributed by atoms with Gasteiger partial charge in [0.1, 0.15) is 0 Å². The lowest BCUT2D eigenvalue weighted by molar-refractivity contribution is 0.102. The molecule has 124 valence electrons. The normalized spacial score (nSPS) is 11.0. The van der Waals surface area contributed by atoms with E-state index in [4.69, 9.17) is 0 Å². The Labute approximate surface area is 141 Å². The second-order valence-electron chi connectivity index (χ2n) is 5.94. The summed E-state index contributed by atoms with van der Waals surface area (Å²) in [5.74, 6) is 0.524. The summed E-state index contributed by atoms with van der Waals surface area (Å²) >= 11 is 0. The first-order chi connectivity index (χ1) is 11.6. The van der Waals surface area contributed by atoms with E-state index in [1.54, 1.807) is 4.52 Å². The van der Waals surface area contributed by atoms with Crippen molar-refractivity contribution >= 4 is 17.6 Å². The average Bonchev–Trinajstić information content (AvgIpc) is 2.96. The monoisotopic (exact) mass is 323 g/mol. The minimum atomic E-state index is -0.220. The average molecular weight is 323 g/mol. The molecule has 3 rings (SSSR count). The standard InChI is InChI=1S/C18H21N5O/c1-4-5-6-14-7-9-15(10-8-14)16(24)20-17-21-18-19-12(2)11-13(3)23(18)22-17/h7-11H,4-6H2,1-3H3,(H,20,22,24). The van der Waals surface area contributed by atoms with Crippen LogP contribution in [0.3, 0.4) is 0 Å². The van der Waals surface area contributed by atoms with Crippen LogP contribution in [0.5, 0.6) is 0 Å². The number of unbranched alkanes of at least 4 members (excludes halogenated alkanes) is 1. The molecule has 6 nitrogen and oxygen atoms in total. The maximum absolute atomic E-state index is 12.3. The number of benzene rings is 1. The Balaban J connectivity index is 1.76. The van der Waals surface area contributed by atoms with Crippen molar-refractivity contribution in [1.82, 2.24) is 19.6 Å². The minimum Gasteiger partial charge on any atom is -0.289 e. The van der Waals surface area contributed by atoms with Crippen LogP contribution >= 0.6 is 0 Å². The highest BCUT2D eigenvalue weighted by Gasteiger charge is 2.12. The van der Waals surface area contributed by atoms with Crippen LogP contribution < -0.4 is 5.32 Å². The van der Waals surface area contributed by atoms with Gasteiger partial charge in [0.25, 0.3) is 17.6 Å². The maximum Gasteiger partial charge on any atom is 0.258 e. The van der Waals surface area contributed by atoms with Crippen LogP contribution in [0.15, 0.2) is 30.3 Å². The van der Waals surface area contributed by atoms with Crippen molar-refractivity contribution in [2.24, 2.45) is 0 Å². The SMILES string of the molecule is CCCCc1ccc(C(=O)Nc2nc3nc(C)cc(C)n3n2)cc1. The fourth-order valence-electron chi connectivity index (χ4n) is 2.60. The molecular formula is C18H21N5O. The second kappa shape index (κ2) is 6.78. The number of aryl methyl sites for hydroxylation is 3. The number of carbonyl (C=O) groups is 1. The van der Waals surface area contributed by atoms with Crippen molar-refractivity contribution in [3.63, 3.8) is 0 Å². The molecule has 24 heavy (non-hydrogen) atoms. The Hall–Kier alpha value is -2.76. The summed E-state index contributed by atoms with van der Waals surface area (Å²) < 4.78 is 1.62. The molecule has 0 saturated carbocycles. The fraction of sp³-hybridized carbons (Fsp3) is 0.333. The molecule has 0 aliphatic heterocycles. The number of aromatic nitrogens is 4. The number of fused-ring (bicyclic) bond motifs is 1. The third kappa shape index (κ3) is 3.42. The molecule has 2 aromatic heterocycles. The molecule has 0 unspecified atom stereocenters. The molecule has 1 amide bonds. The molecule has 1 aromatic carbocycles. The van der Waals surface area contributed by atoms with Crippen LogP contribution in [0.4, 0.5) is 5.95 Å². The van der Waals surface area contributed by atoms with Gasteiger partial charge in [0.05, 0.1) is 0 Å². The van der Waals surface area contributed by atoms with Crippen molar-refractivity contribution in [2.45, 2.75) is 40.0 Å². The van der Waals surface area contributed by atoms with Crippen LogP contribution in [0, 0.1) is 13.8 Å². The zero-order valence-electron chi connectivity index (χ0n) is 14.2. The molecule has 6 heteroatoms. The molecule has 0 aliphatic rings. The van der Waals surface area contributed by atoms with Gasteiger partial charge in [0.15, 0.2) is 0 Å². The van der Waals surface area contributed by atoms with Crippen molar-refractivity contribution in [3.8, 4) is 0 Å². The van der Waals surface area contributed by atoms with Gasteiger partial charge in [-0.2, -0.15) is 9.50 Å². The highest BCUT2D eigenvalue weighted by molar-refractivity contribution is 6.03. The van der Waals surface area contributed by atoms with E-state index >= 15 is 0 Å². The quantitative estimate of drug-likeness (QED) is 0.781. The van der Waals surface area contributed by atoms with Crippen LogP contribution in [-0.2, 0) is 6.42 Å². The van der Waals surface area contributed by atoms with Gasteiger partial charge in [0, 0.05) is 17.0 Å². The lowest BCUT2D eigenvalue weighted by Gasteiger charge is -2.03. The van der Waals surface area contributed by atoms with Crippen LogP contribution in [0.1, 0.15) is 47.1 Å². The highest BCUT2D eigenvalue weighted by Crippen LogP contribution is 2.11. The van der Waals surface area contributed by atoms with E-state index in [0.29, 0.717) is 11.3 Å². The van der Waals surface area contributed by atoms with Crippen molar-refractivity contribution in [1.29, 1.82) is 0 Å². The molecule has 1 N–H and O–H groups in total. The summed E-state index contributed by atoms with van der Waals surface area (Å²) in [6.45, 7) is 6.00. The molecule has 3 aromatic rings. The largest absolute Gasteiger partial charge is 0.289 e. The van der Waals surface area contributed by atoms with Gasteiger partial charge in [-0.1, -0.05) is 25.5 Å². The van der Waals surface area contributed by atoms with Gasteiger partial charge in [-0.3, -0.25) is 10.1 Å². The fourth-order valence-corrected chi connectivity index (χ4v) is 2.60. The molecule has 0 aliphatic carbocycles. The smallest absolute Gasteiger partial charge is 0.258 e. The van der Waals surface area contributed by atoms with Gasteiger partial charge in [-0.25, -0.2) is 4.98 Å². The predicted molar refractivity (Wildman–Crippen MR) is 93.3 cm³/mol. The van der Waals surface area contributed by atoms with Crippen LogP contribution in [-0.4, -0.2) is 25.5 Å². The van der Waals surface area contributed by atoms with Gasteiger partial charge in [0.2, 0.25) is 0 Å². The van der Waals surface area contributed by atoms with Crippen molar-refractivity contribution in [2.75, 3.05) is 5.32 Å². The van der Waals surface area contributed by atoms with Gasteiger partial charge < -0.3 is 0 Å². The number of hydrogen-bond acceptors (Lipinski definition) is 4. The topological polar surface area (TPSA) is 72.2 Å². The minimum absolute atomic E-state index is 0.220. The summed E-state index contributed by atoms with van der Waals surface area (Å²) in [6, 6.07) is 9.59. The van der Waals surface area contributed by atoms with Gasteiger partial charge in [-0.15, -0.1) is 5.10 Å². The first kappa shape index (κ1) is 16.1. The summed E-state index contributed by atoms with van der Waals surface area (Å²) in [4.78, 5) is 20.9. The van der Waals surface area contributed by atoms with E-state index in [9.17, 15) is 4.79 Å². The molecule has 0 fully saturated rings. The first-order valence-corrected chi connectivity index (χ1v) is 8.18. The second-order valence-corrected chi connectivity index (χ2v) is 5.94. The molecule has 0 atom stereocenters. The van der Waals surface area contributed by atoms with E-state index < -0.39 is 0 Å². The lowest BCUT2D eigenvalue weighted by atomic mass is 10.1. The Morgan fingerprint density at radius 3 is 2.62 bits per heavy atom. The zero-order chi connectivity index (χ0) is 17.1.